The van der Waals surface area contributed by atoms with E-state index in [9.17, 15) is 4.79 Å². The van der Waals surface area contributed by atoms with Gasteiger partial charge in [0, 0.05) is 18.5 Å². The molecule has 0 unspecified atom stereocenters. The summed E-state index contributed by atoms with van der Waals surface area (Å²) in [7, 11) is 0. The van der Waals surface area contributed by atoms with E-state index in [4.69, 9.17) is 0 Å². The minimum Gasteiger partial charge on any atom is -0.310 e. The van der Waals surface area contributed by atoms with Gasteiger partial charge in [0.1, 0.15) is 17.5 Å². The van der Waals surface area contributed by atoms with E-state index in [0.29, 0.717) is 0 Å². The number of nitrogens with one attached hydrogen (secondary N) is 2. The topological polar surface area (TPSA) is 89.7 Å². The molecule has 0 aliphatic carbocycles. The summed E-state index contributed by atoms with van der Waals surface area (Å²) in [6, 6.07) is 2.01. The molecule has 8 heteroatoms. The molecular weight excluding hydrogens is 318 g/mol. The van der Waals surface area contributed by atoms with Gasteiger partial charge in [-0.25, -0.2) is 14.3 Å². The fourth-order valence-electron chi connectivity index (χ4n) is 3.17. The fourth-order valence-corrected chi connectivity index (χ4v) is 3.17. The van der Waals surface area contributed by atoms with Gasteiger partial charge in [-0.3, -0.25) is 4.79 Å². The zero-order valence-electron chi connectivity index (χ0n) is 15.4. The predicted molar refractivity (Wildman–Crippen MR) is 95.3 cm³/mol. The zero-order valence-corrected chi connectivity index (χ0v) is 15.4. The molecule has 0 aromatic carbocycles. The minimum absolute atomic E-state index is 0.0504. The summed E-state index contributed by atoms with van der Waals surface area (Å²) in [5, 5.41) is 15.1. The minimum atomic E-state index is -0.295. The van der Waals surface area contributed by atoms with E-state index < -0.39 is 0 Å². The Labute approximate surface area is 148 Å². The largest absolute Gasteiger partial charge is 0.310 e. The SMILES string of the molecule is CC[C@H](C)n1nccc1NC(=O)[C@@H](C)N[C@@H]1CCc2nc(C)nn2C1. The van der Waals surface area contributed by atoms with Crippen LogP contribution in [-0.4, -0.2) is 42.5 Å². The van der Waals surface area contributed by atoms with Gasteiger partial charge in [0.05, 0.1) is 24.8 Å². The molecule has 0 bridgehead atoms. The summed E-state index contributed by atoms with van der Waals surface area (Å²) in [6.45, 7) is 8.74. The number of amides is 1. The Kier molecular flexibility index (Phi) is 5.17. The number of hydrogen-bond donors (Lipinski definition) is 2. The highest BCUT2D eigenvalue weighted by Crippen LogP contribution is 2.17. The van der Waals surface area contributed by atoms with Gasteiger partial charge in [-0.15, -0.1) is 0 Å². The van der Waals surface area contributed by atoms with E-state index in [1.165, 1.54) is 0 Å². The molecule has 0 radical (unpaired) electrons. The monoisotopic (exact) mass is 345 g/mol. The van der Waals surface area contributed by atoms with E-state index in [1.807, 2.05) is 29.3 Å². The first-order valence-electron chi connectivity index (χ1n) is 8.98. The van der Waals surface area contributed by atoms with Crippen LogP contribution in [0.5, 0.6) is 0 Å². The number of carbonyl (C=O) groups excluding carboxylic acids is 1. The van der Waals surface area contributed by atoms with Crippen LogP contribution >= 0.6 is 0 Å². The summed E-state index contributed by atoms with van der Waals surface area (Å²) in [5.41, 5.74) is 0. The molecule has 1 amide bonds. The van der Waals surface area contributed by atoms with Crippen molar-refractivity contribution in [3.05, 3.63) is 23.9 Å². The van der Waals surface area contributed by atoms with Crippen LogP contribution < -0.4 is 10.6 Å². The molecule has 1 aliphatic heterocycles. The van der Waals surface area contributed by atoms with Crippen molar-refractivity contribution >= 4 is 11.7 Å². The number of nitrogens with zero attached hydrogens (tertiary/aromatic N) is 5. The first-order chi connectivity index (χ1) is 12.0. The highest BCUT2D eigenvalue weighted by molar-refractivity contribution is 5.93. The molecule has 25 heavy (non-hydrogen) atoms. The van der Waals surface area contributed by atoms with Crippen molar-refractivity contribution < 1.29 is 4.79 Å². The molecule has 0 saturated heterocycles. The van der Waals surface area contributed by atoms with E-state index in [0.717, 1.165) is 43.3 Å². The number of aromatic nitrogens is 5. The number of anilines is 1. The first kappa shape index (κ1) is 17.6. The van der Waals surface area contributed by atoms with Crippen LogP contribution in [0.3, 0.4) is 0 Å². The van der Waals surface area contributed by atoms with Gasteiger partial charge >= 0.3 is 0 Å². The maximum Gasteiger partial charge on any atom is 0.242 e. The number of fused-ring (bicyclic) bond motifs is 1. The van der Waals surface area contributed by atoms with E-state index in [-0.39, 0.29) is 24.0 Å². The second kappa shape index (κ2) is 7.35. The third-order valence-electron chi connectivity index (χ3n) is 4.77. The molecule has 2 N–H and O–H groups in total. The fraction of sp³-hybridized carbons (Fsp3) is 0.647. The van der Waals surface area contributed by atoms with Crippen molar-refractivity contribution in [2.24, 2.45) is 0 Å². The van der Waals surface area contributed by atoms with Crippen molar-refractivity contribution in [1.82, 2.24) is 29.9 Å². The normalized spacial score (nSPS) is 19.3. The molecule has 0 spiro atoms. The van der Waals surface area contributed by atoms with Gasteiger partial charge in [0.25, 0.3) is 0 Å². The van der Waals surface area contributed by atoms with E-state index in [1.54, 1.807) is 6.20 Å². The van der Waals surface area contributed by atoms with Gasteiger partial charge in [-0.2, -0.15) is 10.2 Å². The molecule has 8 nitrogen and oxygen atoms in total. The predicted octanol–water partition coefficient (Wildman–Crippen LogP) is 1.69. The van der Waals surface area contributed by atoms with Crippen molar-refractivity contribution in [1.29, 1.82) is 0 Å². The van der Waals surface area contributed by atoms with Crippen LogP contribution in [0.4, 0.5) is 5.82 Å². The molecule has 2 aromatic rings. The van der Waals surface area contributed by atoms with Gasteiger partial charge < -0.3 is 10.6 Å². The van der Waals surface area contributed by atoms with Crippen LogP contribution in [0.1, 0.15) is 51.3 Å². The lowest BCUT2D eigenvalue weighted by Gasteiger charge is -2.26. The van der Waals surface area contributed by atoms with Crippen LogP contribution in [-0.2, 0) is 17.8 Å². The summed E-state index contributed by atoms with van der Waals surface area (Å²) in [4.78, 5) is 17.0. The Morgan fingerprint density at radius 2 is 2.24 bits per heavy atom. The highest BCUT2D eigenvalue weighted by atomic mass is 16.2. The van der Waals surface area contributed by atoms with Gasteiger partial charge in [-0.1, -0.05) is 6.92 Å². The molecule has 3 atom stereocenters. The molecular formula is C17H27N7O. The lowest BCUT2D eigenvalue weighted by molar-refractivity contribution is -0.118. The number of aryl methyl sites for hydroxylation is 2. The third-order valence-corrected chi connectivity index (χ3v) is 4.77. The number of carbonyl (C=O) groups is 1. The van der Waals surface area contributed by atoms with Crippen LogP contribution in [0.15, 0.2) is 12.3 Å². The molecule has 136 valence electrons. The molecule has 2 aromatic heterocycles. The molecule has 3 rings (SSSR count). The van der Waals surface area contributed by atoms with Crippen LogP contribution in [0.2, 0.25) is 0 Å². The zero-order chi connectivity index (χ0) is 18.0. The maximum absolute atomic E-state index is 12.5. The average molecular weight is 345 g/mol. The van der Waals surface area contributed by atoms with Crippen molar-refractivity contribution in [2.45, 2.75) is 71.6 Å². The Morgan fingerprint density at radius 1 is 1.44 bits per heavy atom. The average Bonchev–Trinajstić information content (AvgIpc) is 3.19. The van der Waals surface area contributed by atoms with Crippen LogP contribution in [0.25, 0.3) is 0 Å². The van der Waals surface area contributed by atoms with Gasteiger partial charge in [0.2, 0.25) is 5.91 Å². The second-order valence-electron chi connectivity index (χ2n) is 6.79. The first-order valence-corrected chi connectivity index (χ1v) is 8.98. The van der Waals surface area contributed by atoms with Crippen LogP contribution in [0, 0.1) is 6.92 Å². The van der Waals surface area contributed by atoms with Gasteiger partial charge in [0.15, 0.2) is 0 Å². The summed E-state index contributed by atoms with van der Waals surface area (Å²) < 4.78 is 3.80. The molecule has 0 saturated carbocycles. The van der Waals surface area contributed by atoms with Gasteiger partial charge in [-0.05, 0) is 33.6 Å². The summed E-state index contributed by atoms with van der Waals surface area (Å²) >= 11 is 0. The van der Waals surface area contributed by atoms with Crippen molar-refractivity contribution in [2.75, 3.05) is 5.32 Å². The summed E-state index contributed by atoms with van der Waals surface area (Å²) in [6.07, 6.45) is 4.52. The molecule has 3 heterocycles. The molecule has 0 fully saturated rings. The van der Waals surface area contributed by atoms with Crippen molar-refractivity contribution in [3.63, 3.8) is 0 Å². The Hall–Kier alpha value is -2.22. The maximum atomic E-state index is 12.5. The van der Waals surface area contributed by atoms with E-state index in [2.05, 4.69) is 39.7 Å². The number of hydrogen-bond acceptors (Lipinski definition) is 5. The molecule has 1 aliphatic rings. The number of rotatable bonds is 6. The lowest BCUT2D eigenvalue weighted by Crippen LogP contribution is -2.47. The standard InChI is InChI=1S/C17H27N7O/c1-5-11(2)24-16(8-9-18-24)21-17(25)12(3)19-14-6-7-15-20-13(4)22-23(15)10-14/h8-9,11-12,14,19H,5-7,10H2,1-4H3,(H,21,25)/t11-,12+,14+/m0/s1. The smallest absolute Gasteiger partial charge is 0.242 e. The highest BCUT2D eigenvalue weighted by Gasteiger charge is 2.24. The Morgan fingerprint density at radius 3 is 3.00 bits per heavy atom. The second-order valence-corrected chi connectivity index (χ2v) is 6.79. The van der Waals surface area contributed by atoms with E-state index >= 15 is 0 Å². The quantitative estimate of drug-likeness (QED) is 0.831. The third kappa shape index (κ3) is 3.89. The Balaban J connectivity index is 1.58. The Bertz CT molecular complexity index is 735. The summed E-state index contributed by atoms with van der Waals surface area (Å²) in [5.74, 6) is 2.53. The van der Waals surface area contributed by atoms with Crippen molar-refractivity contribution in [3.8, 4) is 0 Å². The lowest BCUT2D eigenvalue weighted by atomic mass is 10.1.